The van der Waals surface area contributed by atoms with Crippen LogP contribution >= 0.6 is 0 Å². The monoisotopic (exact) mass is 280 g/mol. The quantitative estimate of drug-likeness (QED) is 0.798. The molecular weight excluding hydrogens is 266 g/mol. The highest BCUT2D eigenvalue weighted by Gasteiger charge is 2.43. The molecule has 2 aliphatic rings. The Kier molecular flexibility index (Phi) is 3.05. The predicted octanol–water partition coefficient (Wildman–Crippen LogP) is 1.83. The van der Waals surface area contributed by atoms with Crippen molar-refractivity contribution in [2.24, 2.45) is 5.73 Å². The summed E-state index contributed by atoms with van der Waals surface area (Å²) in [5.74, 6) is -3.41. The van der Waals surface area contributed by atoms with E-state index in [2.05, 4.69) is 0 Å². The molecule has 2 N–H and O–H groups in total. The van der Waals surface area contributed by atoms with Gasteiger partial charge in [0, 0.05) is 6.04 Å². The van der Waals surface area contributed by atoms with Crippen LogP contribution in [0.4, 0.5) is 8.78 Å². The van der Waals surface area contributed by atoms with Crippen LogP contribution in [0.5, 0.6) is 0 Å². The molecule has 6 heteroatoms. The van der Waals surface area contributed by atoms with E-state index >= 15 is 0 Å². The zero-order chi connectivity index (χ0) is 14.4. The number of hydrogen-bond donors (Lipinski definition) is 1. The van der Waals surface area contributed by atoms with E-state index in [1.165, 1.54) is 0 Å². The molecule has 0 spiro atoms. The van der Waals surface area contributed by atoms with Crippen molar-refractivity contribution in [1.29, 1.82) is 0 Å². The van der Waals surface area contributed by atoms with E-state index in [1.807, 2.05) is 0 Å². The Morgan fingerprint density at radius 1 is 1.00 bits per heavy atom. The zero-order valence-electron chi connectivity index (χ0n) is 10.7. The standard InChI is InChI=1S/C14H14F2N2O2/c15-9-5-7-8(6-10(9)16)14(20)18(13(7)19)12-4-2-1-3-11(12)17/h5-6,11-12H,1-4,17H2. The van der Waals surface area contributed by atoms with Crippen molar-refractivity contribution in [3.63, 3.8) is 0 Å². The first-order valence-corrected chi connectivity index (χ1v) is 6.63. The molecule has 1 aromatic carbocycles. The van der Waals surface area contributed by atoms with Gasteiger partial charge in [-0.15, -0.1) is 0 Å². The molecule has 0 bridgehead atoms. The topological polar surface area (TPSA) is 63.4 Å². The van der Waals surface area contributed by atoms with Gasteiger partial charge in [0.05, 0.1) is 17.2 Å². The second kappa shape index (κ2) is 4.63. The van der Waals surface area contributed by atoms with Crippen LogP contribution in [0.3, 0.4) is 0 Å². The fraction of sp³-hybridized carbons (Fsp3) is 0.429. The number of halogens is 2. The summed E-state index contributed by atoms with van der Waals surface area (Å²) in [6.07, 6.45) is 3.22. The maximum atomic E-state index is 13.2. The van der Waals surface area contributed by atoms with Crippen LogP contribution in [0.2, 0.25) is 0 Å². The number of nitrogens with two attached hydrogens (primary N) is 1. The van der Waals surface area contributed by atoms with Crippen LogP contribution < -0.4 is 5.73 Å². The molecule has 2 atom stereocenters. The first-order chi connectivity index (χ1) is 9.50. The molecule has 2 amide bonds. The number of carbonyl (C=O) groups excluding carboxylic acids is 2. The van der Waals surface area contributed by atoms with Crippen molar-refractivity contribution in [2.45, 2.75) is 37.8 Å². The van der Waals surface area contributed by atoms with Crippen molar-refractivity contribution in [2.75, 3.05) is 0 Å². The number of rotatable bonds is 1. The van der Waals surface area contributed by atoms with E-state index in [1.54, 1.807) is 0 Å². The highest BCUT2D eigenvalue weighted by molar-refractivity contribution is 6.21. The normalized spacial score (nSPS) is 26.1. The molecule has 4 nitrogen and oxygen atoms in total. The third-order valence-electron chi connectivity index (χ3n) is 4.07. The lowest BCUT2D eigenvalue weighted by Crippen LogP contribution is -2.51. The van der Waals surface area contributed by atoms with Crippen LogP contribution in [-0.2, 0) is 0 Å². The van der Waals surface area contributed by atoms with Gasteiger partial charge in [-0.2, -0.15) is 0 Å². The molecule has 0 aromatic heterocycles. The van der Waals surface area contributed by atoms with Crippen molar-refractivity contribution in [1.82, 2.24) is 4.90 Å². The van der Waals surface area contributed by atoms with Crippen molar-refractivity contribution in [3.05, 3.63) is 34.9 Å². The summed E-state index contributed by atoms with van der Waals surface area (Å²) in [5, 5.41) is 0. The van der Waals surface area contributed by atoms with Gasteiger partial charge in [-0.25, -0.2) is 8.78 Å². The van der Waals surface area contributed by atoms with E-state index in [-0.39, 0.29) is 23.2 Å². The second-order valence-corrected chi connectivity index (χ2v) is 5.31. The molecule has 20 heavy (non-hydrogen) atoms. The maximum absolute atomic E-state index is 13.2. The Hall–Kier alpha value is -1.82. The molecule has 0 saturated heterocycles. The van der Waals surface area contributed by atoms with Gasteiger partial charge in [0.25, 0.3) is 11.8 Å². The van der Waals surface area contributed by atoms with Gasteiger partial charge in [0.1, 0.15) is 0 Å². The first-order valence-electron chi connectivity index (χ1n) is 6.63. The fourth-order valence-corrected chi connectivity index (χ4v) is 3.01. The van der Waals surface area contributed by atoms with E-state index in [9.17, 15) is 18.4 Å². The fourth-order valence-electron chi connectivity index (χ4n) is 3.01. The molecule has 1 saturated carbocycles. The Bertz CT molecular complexity index is 562. The first kappa shape index (κ1) is 13.2. The van der Waals surface area contributed by atoms with Gasteiger partial charge in [-0.05, 0) is 25.0 Å². The summed E-state index contributed by atoms with van der Waals surface area (Å²) in [6, 6.07) is 0.918. The number of amides is 2. The molecule has 1 heterocycles. The molecule has 2 unspecified atom stereocenters. The summed E-state index contributed by atoms with van der Waals surface area (Å²) in [7, 11) is 0. The molecule has 1 fully saturated rings. The minimum Gasteiger partial charge on any atom is -0.326 e. The zero-order valence-corrected chi connectivity index (χ0v) is 10.7. The van der Waals surface area contributed by atoms with Crippen molar-refractivity contribution in [3.8, 4) is 0 Å². The molecule has 3 rings (SSSR count). The average molecular weight is 280 g/mol. The lowest BCUT2D eigenvalue weighted by molar-refractivity contribution is 0.0525. The minimum atomic E-state index is -1.13. The second-order valence-electron chi connectivity index (χ2n) is 5.31. The molecule has 1 aliphatic carbocycles. The Morgan fingerprint density at radius 2 is 1.50 bits per heavy atom. The third-order valence-corrected chi connectivity index (χ3v) is 4.07. The maximum Gasteiger partial charge on any atom is 0.261 e. The molecule has 1 aromatic rings. The Labute approximate surface area is 114 Å². The van der Waals surface area contributed by atoms with Crippen molar-refractivity contribution < 1.29 is 18.4 Å². The summed E-state index contributed by atoms with van der Waals surface area (Å²) in [4.78, 5) is 25.6. The van der Waals surface area contributed by atoms with Gasteiger partial charge >= 0.3 is 0 Å². The minimum absolute atomic E-state index is 0.0772. The van der Waals surface area contributed by atoms with Gasteiger partial charge in [-0.3, -0.25) is 14.5 Å². The number of benzene rings is 1. The van der Waals surface area contributed by atoms with Crippen LogP contribution in [-0.4, -0.2) is 28.8 Å². The van der Waals surface area contributed by atoms with E-state index in [0.717, 1.165) is 36.3 Å². The van der Waals surface area contributed by atoms with Gasteiger partial charge in [0.15, 0.2) is 11.6 Å². The van der Waals surface area contributed by atoms with Crippen LogP contribution in [0, 0.1) is 11.6 Å². The van der Waals surface area contributed by atoms with Gasteiger partial charge in [-0.1, -0.05) is 12.8 Å². The average Bonchev–Trinajstić information content (AvgIpc) is 2.64. The van der Waals surface area contributed by atoms with Gasteiger partial charge < -0.3 is 5.73 Å². The van der Waals surface area contributed by atoms with E-state index in [4.69, 9.17) is 5.73 Å². The Morgan fingerprint density at radius 3 is 2.00 bits per heavy atom. The van der Waals surface area contributed by atoms with Crippen LogP contribution in [0.15, 0.2) is 12.1 Å². The molecule has 106 valence electrons. The predicted molar refractivity (Wildman–Crippen MR) is 67.1 cm³/mol. The summed E-state index contributed by atoms with van der Waals surface area (Å²) in [6.45, 7) is 0. The number of nitrogens with zero attached hydrogens (tertiary/aromatic N) is 1. The van der Waals surface area contributed by atoms with E-state index < -0.39 is 23.4 Å². The lowest BCUT2D eigenvalue weighted by Gasteiger charge is -2.34. The van der Waals surface area contributed by atoms with E-state index in [0.29, 0.717) is 6.42 Å². The SMILES string of the molecule is NC1CCCCC1N1C(=O)c2cc(F)c(F)cc2C1=O. The van der Waals surface area contributed by atoms with Gasteiger partial charge in [0.2, 0.25) is 0 Å². The lowest BCUT2D eigenvalue weighted by atomic mass is 9.90. The van der Waals surface area contributed by atoms with Crippen molar-refractivity contribution >= 4 is 11.8 Å². The molecule has 0 radical (unpaired) electrons. The number of carbonyl (C=O) groups is 2. The highest BCUT2D eigenvalue weighted by atomic mass is 19.2. The largest absolute Gasteiger partial charge is 0.326 e. The number of imide groups is 1. The van der Waals surface area contributed by atoms with Crippen LogP contribution in [0.1, 0.15) is 46.4 Å². The highest BCUT2D eigenvalue weighted by Crippen LogP contribution is 2.31. The van der Waals surface area contributed by atoms with Crippen LogP contribution in [0.25, 0.3) is 0 Å². The number of fused-ring (bicyclic) bond motifs is 1. The Balaban J connectivity index is 2.00. The summed E-state index contributed by atoms with van der Waals surface area (Å²) in [5.41, 5.74) is 5.83. The smallest absolute Gasteiger partial charge is 0.261 e. The molecular formula is C14H14F2N2O2. The number of hydrogen-bond acceptors (Lipinski definition) is 3. The summed E-state index contributed by atoms with van der Waals surface area (Å²) >= 11 is 0. The third kappa shape index (κ3) is 1.83. The summed E-state index contributed by atoms with van der Waals surface area (Å²) < 4.78 is 26.5. The molecule has 1 aliphatic heterocycles.